The fraction of sp³-hybridized carbons (Fsp3) is 0.0769. The van der Waals surface area contributed by atoms with E-state index in [0.29, 0.717) is 27.8 Å². The maximum Gasteiger partial charge on any atom is 0.132 e. The molecule has 0 radical (unpaired) electrons. The van der Waals surface area contributed by atoms with Gasteiger partial charge in [-0.25, -0.2) is 0 Å². The zero-order chi connectivity index (χ0) is 13.7. The molecule has 19 heavy (non-hydrogen) atoms. The summed E-state index contributed by atoms with van der Waals surface area (Å²) < 4.78 is 5.64. The fourth-order valence-electron chi connectivity index (χ4n) is 1.53. The molecule has 5 nitrogen and oxygen atoms in total. The molecule has 0 saturated heterocycles. The van der Waals surface area contributed by atoms with Crippen LogP contribution in [0.1, 0.15) is 5.56 Å². The summed E-state index contributed by atoms with van der Waals surface area (Å²) in [5.74, 6) is 1.11. The molecule has 0 unspecified atom stereocenters. The number of benzene rings is 2. The van der Waals surface area contributed by atoms with Crippen LogP contribution in [-0.4, -0.2) is 5.11 Å². The van der Waals surface area contributed by atoms with Gasteiger partial charge in [-0.05, 0) is 48.0 Å². The van der Waals surface area contributed by atoms with E-state index in [1.807, 2.05) is 0 Å². The fourth-order valence-corrected chi connectivity index (χ4v) is 1.66. The molecule has 0 fully saturated rings. The van der Waals surface area contributed by atoms with Gasteiger partial charge in [0.05, 0.1) is 6.61 Å². The molecular weight excluding hydrogens is 266 g/mol. The van der Waals surface area contributed by atoms with Gasteiger partial charge < -0.3 is 9.84 Å². The van der Waals surface area contributed by atoms with Crippen molar-refractivity contribution in [1.82, 2.24) is 0 Å². The molecule has 0 aromatic heterocycles. The highest BCUT2D eigenvalue weighted by Crippen LogP contribution is 2.29. The minimum absolute atomic E-state index is 0.211. The molecule has 6 heteroatoms. The van der Waals surface area contributed by atoms with Gasteiger partial charge in [-0.2, -0.15) is 0 Å². The van der Waals surface area contributed by atoms with Crippen LogP contribution in [0.5, 0.6) is 11.5 Å². The highest BCUT2D eigenvalue weighted by atomic mass is 35.5. The number of hydrogen-bond acceptors (Lipinski definition) is 3. The van der Waals surface area contributed by atoms with Gasteiger partial charge in [-0.1, -0.05) is 16.7 Å². The zero-order valence-corrected chi connectivity index (χ0v) is 10.6. The summed E-state index contributed by atoms with van der Waals surface area (Å²) in [6.07, 6.45) is 0. The van der Waals surface area contributed by atoms with Crippen LogP contribution in [0.2, 0.25) is 5.02 Å². The Balaban J connectivity index is 2.29. The molecule has 2 aromatic carbocycles. The van der Waals surface area contributed by atoms with E-state index in [2.05, 4.69) is 10.0 Å². The van der Waals surface area contributed by atoms with Gasteiger partial charge in [0, 0.05) is 21.2 Å². The lowest BCUT2D eigenvalue weighted by molar-refractivity contribution is 0.276. The number of halogens is 1. The molecule has 2 aromatic rings. The van der Waals surface area contributed by atoms with Gasteiger partial charge in [0.2, 0.25) is 0 Å². The molecule has 0 amide bonds. The Bertz CT molecular complexity index is 622. The van der Waals surface area contributed by atoms with Crippen LogP contribution in [0.25, 0.3) is 10.4 Å². The Morgan fingerprint density at radius 1 is 1.21 bits per heavy atom. The molecule has 96 valence electrons. The quantitative estimate of drug-likeness (QED) is 0.504. The molecule has 0 heterocycles. The van der Waals surface area contributed by atoms with Crippen molar-refractivity contribution in [2.75, 3.05) is 0 Å². The van der Waals surface area contributed by atoms with Gasteiger partial charge in [-0.3, -0.25) is 0 Å². The molecular formula is C13H10ClN3O2. The minimum Gasteiger partial charge on any atom is -0.457 e. The summed E-state index contributed by atoms with van der Waals surface area (Å²) in [6.45, 7) is -0.211. The van der Waals surface area contributed by atoms with E-state index in [4.69, 9.17) is 21.9 Å². The molecule has 0 atom stereocenters. The standard InChI is InChI=1S/C13H10ClN3O2/c14-10-1-4-12(5-2-10)19-13-6-3-11(16-17-15)7-9(13)8-18/h1-7,18H,8H2. The van der Waals surface area contributed by atoms with E-state index in [0.717, 1.165) is 0 Å². The van der Waals surface area contributed by atoms with E-state index < -0.39 is 0 Å². The predicted molar refractivity (Wildman–Crippen MR) is 72.7 cm³/mol. The van der Waals surface area contributed by atoms with Gasteiger partial charge >= 0.3 is 0 Å². The van der Waals surface area contributed by atoms with Crippen LogP contribution in [0, 0.1) is 0 Å². The summed E-state index contributed by atoms with van der Waals surface area (Å²) in [5, 5.41) is 13.4. The van der Waals surface area contributed by atoms with Crippen molar-refractivity contribution in [2.45, 2.75) is 6.61 Å². The number of hydrogen-bond donors (Lipinski definition) is 1. The van der Waals surface area contributed by atoms with Crippen LogP contribution in [0.3, 0.4) is 0 Å². The van der Waals surface area contributed by atoms with Crippen molar-refractivity contribution in [3.05, 3.63) is 63.5 Å². The summed E-state index contributed by atoms with van der Waals surface area (Å²) >= 11 is 5.79. The monoisotopic (exact) mass is 275 g/mol. The van der Waals surface area contributed by atoms with E-state index in [1.165, 1.54) is 0 Å². The minimum atomic E-state index is -0.211. The Morgan fingerprint density at radius 3 is 2.58 bits per heavy atom. The molecule has 0 aliphatic heterocycles. The second-order valence-electron chi connectivity index (χ2n) is 3.70. The Morgan fingerprint density at radius 2 is 1.95 bits per heavy atom. The number of ether oxygens (including phenoxy) is 1. The third kappa shape index (κ3) is 3.39. The van der Waals surface area contributed by atoms with Crippen LogP contribution in [-0.2, 0) is 6.61 Å². The molecule has 0 saturated carbocycles. The summed E-state index contributed by atoms with van der Waals surface area (Å²) in [6, 6.07) is 11.7. The maximum atomic E-state index is 9.30. The lowest BCUT2D eigenvalue weighted by Gasteiger charge is -2.10. The molecule has 2 rings (SSSR count). The largest absolute Gasteiger partial charge is 0.457 e. The molecule has 1 N–H and O–H groups in total. The summed E-state index contributed by atoms with van der Waals surface area (Å²) in [5.41, 5.74) is 9.33. The average Bonchev–Trinajstić information content (AvgIpc) is 2.43. The first-order chi connectivity index (χ1) is 9.22. The van der Waals surface area contributed by atoms with E-state index in [1.54, 1.807) is 42.5 Å². The SMILES string of the molecule is [N-]=[N+]=Nc1ccc(Oc2ccc(Cl)cc2)c(CO)c1. The van der Waals surface area contributed by atoms with Crippen molar-refractivity contribution >= 4 is 17.3 Å². The summed E-state index contributed by atoms with van der Waals surface area (Å²) in [4.78, 5) is 2.69. The number of nitrogens with zero attached hydrogens (tertiary/aromatic N) is 3. The van der Waals surface area contributed by atoms with Crippen LogP contribution >= 0.6 is 11.6 Å². The predicted octanol–water partition coefficient (Wildman–Crippen LogP) is 4.57. The van der Waals surface area contributed by atoms with Crippen molar-refractivity contribution in [3.63, 3.8) is 0 Å². The topological polar surface area (TPSA) is 78.2 Å². The number of azide groups is 1. The second-order valence-corrected chi connectivity index (χ2v) is 4.13. The highest BCUT2D eigenvalue weighted by molar-refractivity contribution is 6.30. The third-order valence-electron chi connectivity index (χ3n) is 2.42. The van der Waals surface area contributed by atoms with E-state index in [-0.39, 0.29) is 6.61 Å². The second kappa shape index (κ2) is 6.11. The Labute approximate surface area is 114 Å². The normalized spacial score (nSPS) is 9.79. The maximum absolute atomic E-state index is 9.30. The smallest absolute Gasteiger partial charge is 0.132 e. The van der Waals surface area contributed by atoms with Crippen molar-refractivity contribution in [2.24, 2.45) is 5.11 Å². The average molecular weight is 276 g/mol. The van der Waals surface area contributed by atoms with Crippen molar-refractivity contribution in [1.29, 1.82) is 0 Å². The van der Waals surface area contributed by atoms with Crippen LogP contribution < -0.4 is 4.74 Å². The first kappa shape index (κ1) is 13.2. The lowest BCUT2D eigenvalue weighted by atomic mass is 10.2. The number of aliphatic hydroxyl groups excluding tert-OH is 1. The van der Waals surface area contributed by atoms with Crippen molar-refractivity contribution in [3.8, 4) is 11.5 Å². The first-order valence-electron chi connectivity index (χ1n) is 5.45. The van der Waals surface area contributed by atoms with E-state index in [9.17, 15) is 5.11 Å². The Kier molecular flexibility index (Phi) is 4.26. The first-order valence-corrected chi connectivity index (χ1v) is 5.83. The number of rotatable bonds is 4. The number of aliphatic hydroxyl groups is 1. The van der Waals surface area contributed by atoms with Gasteiger partial charge in [0.15, 0.2) is 0 Å². The molecule has 0 aliphatic rings. The van der Waals surface area contributed by atoms with Gasteiger partial charge in [0.1, 0.15) is 11.5 Å². The van der Waals surface area contributed by atoms with Gasteiger partial charge in [0.25, 0.3) is 0 Å². The third-order valence-corrected chi connectivity index (χ3v) is 2.67. The zero-order valence-electron chi connectivity index (χ0n) is 9.82. The van der Waals surface area contributed by atoms with Crippen LogP contribution in [0.15, 0.2) is 47.6 Å². The molecule has 0 spiro atoms. The lowest BCUT2D eigenvalue weighted by Crippen LogP contribution is -1.91. The molecule has 0 aliphatic carbocycles. The van der Waals surface area contributed by atoms with Gasteiger partial charge in [-0.15, -0.1) is 0 Å². The molecule has 0 bridgehead atoms. The van der Waals surface area contributed by atoms with Crippen molar-refractivity contribution < 1.29 is 9.84 Å². The van der Waals surface area contributed by atoms with E-state index >= 15 is 0 Å². The summed E-state index contributed by atoms with van der Waals surface area (Å²) in [7, 11) is 0. The van der Waals surface area contributed by atoms with Crippen LogP contribution in [0.4, 0.5) is 5.69 Å². The highest BCUT2D eigenvalue weighted by Gasteiger charge is 2.05. The Hall–Kier alpha value is -2.20.